The molecule has 0 aliphatic carbocycles. The Morgan fingerprint density at radius 3 is 2.67 bits per heavy atom. The van der Waals surface area contributed by atoms with Gasteiger partial charge in [0.05, 0.1) is 5.75 Å². The first kappa shape index (κ1) is 11.5. The summed E-state index contributed by atoms with van der Waals surface area (Å²) in [7, 11) is -3.44. The van der Waals surface area contributed by atoms with Gasteiger partial charge in [0.2, 0.25) is 0 Å². The Bertz CT molecular complexity index is 616. The minimum absolute atomic E-state index is 0.0509. The van der Waals surface area contributed by atoms with E-state index in [0.717, 1.165) is 29.9 Å². The molecule has 18 heavy (non-hydrogen) atoms. The molecule has 6 heteroatoms. The van der Waals surface area contributed by atoms with Crippen molar-refractivity contribution < 1.29 is 8.42 Å². The molecule has 1 aromatic rings. The van der Waals surface area contributed by atoms with Crippen LogP contribution in [-0.2, 0) is 15.8 Å². The number of nitrogens with two attached hydrogens (primary N) is 1. The van der Waals surface area contributed by atoms with E-state index < -0.39 is 10.0 Å². The number of hydrogen-bond donors (Lipinski definition) is 1. The van der Waals surface area contributed by atoms with Crippen molar-refractivity contribution >= 4 is 21.5 Å². The fraction of sp³-hybridized carbons (Fsp3) is 0.417. The zero-order valence-electron chi connectivity index (χ0n) is 9.96. The van der Waals surface area contributed by atoms with Gasteiger partial charge in [0.25, 0.3) is 10.0 Å². The Hall–Kier alpha value is -1.56. The first-order chi connectivity index (χ1) is 8.57. The molecule has 0 amide bonds. The predicted molar refractivity (Wildman–Crippen MR) is 71.2 cm³/mol. The molecule has 3 rings (SSSR count). The summed E-state index contributed by atoms with van der Waals surface area (Å²) in [5.41, 5.74) is 8.41. The summed E-state index contributed by atoms with van der Waals surface area (Å²) in [6, 6.07) is 5.69. The quantitative estimate of drug-likeness (QED) is 0.816. The molecule has 1 saturated heterocycles. The first-order valence-electron chi connectivity index (χ1n) is 6.02. The van der Waals surface area contributed by atoms with E-state index in [1.54, 1.807) is 0 Å². The highest BCUT2D eigenvalue weighted by molar-refractivity contribution is 7.89. The fourth-order valence-electron chi connectivity index (χ4n) is 2.65. The van der Waals surface area contributed by atoms with Gasteiger partial charge in [0.1, 0.15) is 5.84 Å². The Kier molecular flexibility index (Phi) is 2.55. The monoisotopic (exact) mass is 265 g/mol. The van der Waals surface area contributed by atoms with Crippen molar-refractivity contribution in [3.05, 3.63) is 29.3 Å². The molecule has 2 heterocycles. The van der Waals surface area contributed by atoms with Crippen molar-refractivity contribution in [2.45, 2.75) is 18.6 Å². The Morgan fingerprint density at radius 1 is 1.22 bits per heavy atom. The summed E-state index contributed by atoms with van der Waals surface area (Å²) in [4.78, 5) is 2.25. The number of anilines is 1. The summed E-state index contributed by atoms with van der Waals surface area (Å²) < 4.78 is 26.8. The maximum atomic E-state index is 11.6. The van der Waals surface area contributed by atoms with Gasteiger partial charge in [-0.05, 0) is 24.5 Å². The van der Waals surface area contributed by atoms with Crippen LogP contribution in [0.4, 0.5) is 5.69 Å². The van der Waals surface area contributed by atoms with E-state index in [9.17, 15) is 8.42 Å². The van der Waals surface area contributed by atoms with Gasteiger partial charge in [-0.25, -0.2) is 8.42 Å². The average Bonchev–Trinajstić information content (AvgIpc) is 2.79. The van der Waals surface area contributed by atoms with Gasteiger partial charge in [-0.3, -0.25) is 0 Å². The van der Waals surface area contributed by atoms with Gasteiger partial charge < -0.3 is 10.6 Å². The van der Waals surface area contributed by atoms with E-state index in [0.29, 0.717) is 0 Å². The summed E-state index contributed by atoms with van der Waals surface area (Å²) in [6.45, 7) is 1.99. The van der Waals surface area contributed by atoms with Crippen LogP contribution in [-0.4, -0.2) is 27.3 Å². The number of rotatable bonds is 1. The number of hydrogen-bond acceptors (Lipinski definition) is 4. The number of sulfonamides is 1. The first-order valence-corrected chi connectivity index (χ1v) is 7.63. The normalized spacial score (nSPS) is 21.6. The highest BCUT2D eigenvalue weighted by atomic mass is 32.2. The van der Waals surface area contributed by atoms with Crippen LogP contribution < -0.4 is 10.6 Å². The molecule has 2 N–H and O–H groups in total. The molecule has 0 atom stereocenters. The number of amidine groups is 1. The zero-order valence-corrected chi connectivity index (χ0v) is 10.8. The van der Waals surface area contributed by atoms with E-state index in [-0.39, 0.29) is 11.6 Å². The van der Waals surface area contributed by atoms with Gasteiger partial charge in [0, 0.05) is 24.3 Å². The standard InChI is InChI=1S/C12H15N3O2S/c13-12-11-9(8-18(16,17)14-12)4-3-5-10(11)15-6-1-2-7-15/h3-5H,1-2,6-8H2,(H2,13,14). The van der Waals surface area contributed by atoms with Gasteiger partial charge in [0.15, 0.2) is 0 Å². The largest absolute Gasteiger partial charge is 0.382 e. The van der Waals surface area contributed by atoms with Crippen LogP contribution in [0, 0.1) is 0 Å². The van der Waals surface area contributed by atoms with Crippen molar-refractivity contribution in [2.24, 2.45) is 10.1 Å². The van der Waals surface area contributed by atoms with Crippen LogP contribution in [0.25, 0.3) is 0 Å². The van der Waals surface area contributed by atoms with E-state index >= 15 is 0 Å². The maximum Gasteiger partial charge on any atom is 0.259 e. The molecular weight excluding hydrogens is 250 g/mol. The molecule has 1 aromatic carbocycles. The average molecular weight is 265 g/mol. The lowest BCUT2D eigenvalue weighted by molar-refractivity contribution is 0.596. The van der Waals surface area contributed by atoms with Gasteiger partial charge in [-0.2, -0.15) is 0 Å². The summed E-state index contributed by atoms with van der Waals surface area (Å²) in [6.07, 6.45) is 2.33. The Morgan fingerprint density at radius 2 is 1.94 bits per heavy atom. The predicted octanol–water partition coefficient (Wildman–Crippen LogP) is 0.835. The van der Waals surface area contributed by atoms with Crippen molar-refractivity contribution in [1.29, 1.82) is 0 Å². The number of nitrogens with zero attached hydrogens (tertiary/aromatic N) is 2. The summed E-state index contributed by atoms with van der Waals surface area (Å²) >= 11 is 0. The van der Waals surface area contributed by atoms with Crippen LogP contribution >= 0.6 is 0 Å². The van der Waals surface area contributed by atoms with Crippen molar-refractivity contribution in [1.82, 2.24) is 0 Å². The lowest BCUT2D eigenvalue weighted by Crippen LogP contribution is -2.28. The summed E-state index contributed by atoms with van der Waals surface area (Å²) in [5.74, 6) is 0.0730. The van der Waals surface area contributed by atoms with Gasteiger partial charge in [-0.15, -0.1) is 4.40 Å². The minimum Gasteiger partial charge on any atom is -0.382 e. The highest BCUT2D eigenvalue weighted by Gasteiger charge is 2.26. The van der Waals surface area contributed by atoms with E-state index in [2.05, 4.69) is 9.30 Å². The topological polar surface area (TPSA) is 75.8 Å². The molecule has 0 spiro atoms. The van der Waals surface area contributed by atoms with Crippen molar-refractivity contribution in [3.8, 4) is 0 Å². The van der Waals surface area contributed by atoms with E-state index in [1.807, 2.05) is 18.2 Å². The van der Waals surface area contributed by atoms with E-state index in [1.165, 1.54) is 12.8 Å². The number of benzene rings is 1. The molecule has 0 aromatic heterocycles. The molecule has 2 aliphatic heterocycles. The minimum atomic E-state index is -3.44. The second-order valence-corrected chi connectivity index (χ2v) is 6.34. The molecule has 0 unspecified atom stereocenters. The molecule has 2 aliphatic rings. The van der Waals surface area contributed by atoms with E-state index in [4.69, 9.17) is 5.73 Å². The zero-order chi connectivity index (χ0) is 12.8. The van der Waals surface area contributed by atoms with Crippen LogP contribution in [0.1, 0.15) is 24.0 Å². The lowest BCUT2D eigenvalue weighted by Gasteiger charge is -2.24. The molecule has 96 valence electrons. The highest BCUT2D eigenvalue weighted by Crippen LogP contribution is 2.30. The third-order valence-corrected chi connectivity index (χ3v) is 4.56. The third-order valence-electron chi connectivity index (χ3n) is 3.41. The van der Waals surface area contributed by atoms with Gasteiger partial charge in [-0.1, -0.05) is 12.1 Å². The molecular formula is C12H15N3O2S. The Labute approximate surface area is 106 Å². The Balaban J connectivity index is 2.15. The number of fused-ring (bicyclic) bond motifs is 1. The maximum absolute atomic E-state index is 11.6. The molecule has 0 bridgehead atoms. The lowest BCUT2D eigenvalue weighted by atomic mass is 10.0. The van der Waals surface area contributed by atoms with Crippen LogP contribution in [0.2, 0.25) is 0 Å². The molecule has 0 radical (unpaired) electrons. The van der Waals surface area contributed by atoms with Crippen LogP contribution in [0.5, 0.6) is 0 Å². The smallest absolute Gasteiger partial charge is 0.259 e. The van der Waals surface area contributed by atoms with Crippen molar-refractivity contribution in [2.75, 3.05) is 18.0 Å². The second kappa shape index (κ2) is 3.98. The third kappa shape index (κ3) is 1.86. The molecule has 5 nitrogen and oxygen atoms in total. The van der Waals surface area contributed by atoms with Crippen LogP contribution in [0.3, 0.4) is 0 Å². The SMILES string of the molecule is NC1=NS(=O)(=O)Cc2cccc(N3CCCC3)c21. The van der Waals surface area contributed by atoms with Crippen LogP contribution in [0.15, 0.2) is 22.6 Å². The van der Waals surface area contributed by atoms with Gasteiger partial charge >= 0.3 is 0 Å². The molecule has 1 fully saturated rings. The summed E-state index contributed by atoms with van der Waals surface area (Å²) in [5, 5.41) is 0. The fourth-order valence-corrected chi connectivity index (χ4v) is 3.74. The molecule has 0 saturated carbocycles. The van der Waals surface area contributed by atoms with Crippen molar-refractivity contribution in [3.63, 3.8) is 0 Å². The second-order valence-electron chi connectivity index (χ2n) is 4.71.